The van der Waals surface area contributed by atoms with Crippen LogP contribution in [0.3, 0.4) is 0 Å². The van der Waals surface area contributed by atoms with Gasteiger partial charge in [0.05, 0.1) is 7.11 Å². The molecule has 4 nitrogen and oxygen atoms in total. The van der Waals surface area contributed by atoms with Gasteiger partial charge < -0.3 is 9.84 Å². The van der Waals surface area contributed by atoms with Crippen molar-refractivity contribution in [3.8, 4) is 5.75 Å². The van der Waals surface area contributed by atoms with Crippen molar-refractivity contribution in [1.82, 2.24) is 9.97 Å². The van der Waals surface area contributed by atoms with Crippen LogP contribution in [-0.4, -0.2) is 22.2 Å². The molecule has 1 aromatic carbocycles. The minimum absolute atomic E-state index is 0.0855. The van der Waals surface area contributed by atoms with Crippen molar-refractivity contribution in [3.05, 3.63) is 53.9 Å². The lowest BCUT2D eigenvalue weighted by Gasteiger charge is -2.10. The number of hydrogen-bond donors (Lipinski definition) is 1. The molecule has 88 valence electrons. The highest BCUT2D eigenvalue weighted by Crippen LogP contribution is 2.23. The van der Waals surface area contributed by atoms with E-state index in [9.17, 15) is 9.50 Å². The van der Waals surface area contributed by atoms with E-state index in [2.05, 4.69) is 9.97 Å². The highest BCUT2D eigenvalue weighted by molar-refractivity contribution is 5.31. The Morgan fingerprint density at radius 3 is 2.41 bits per heavy atom. The highest BCUT2D eigenvalue weighted by Gasteiger charge is 2.16. The molecular weight excluding hydrogens is 223 g/mol. The van der Waals surface area contributed by atoms with E-state index in [1.54, 1.807) is 31.4 Å². The molecule has 1 unspecified atom stereocenters. The van der Waals surface area contributed by atoms with Crippen LogP contribution in [0.1, 0.15) is 17.4 Å². The molecule has 0 aliphatic rings. The predicted molar refractivity (Wildman–Crippen MR) is 59.0 cm³/mol. The molecule has 0 fully saturated rings. The average molecular weight is 234 g/mol. The van der Waals surface area contributed by atoms with Gasteiger partial charge in [0.15, 0.2) is 0 Å². The number of nitrogens with zero attached hydrogens (tertiary/aromatic N) is 2. The van der Waals surface area contributed by atoms with Crippen molar-refractivity contribution < 1.29 is 14.2 Å². The van der Waals surface area contributed by atoms with Crippen LogP contribution in [0.4, 0.5) is 4.39 Å². The van der Waals surface area contributed by atoms with Gasteiger partial charge >= 0.3 is 0 Å². The summed E-state index contributed by atoms with van der Waals surface area (Å²) in [6.07, 6.45) is 1.44. The average Bonchev–Trinajstić information content (AvgIpc) is 2.39. The van der Waals surface area contributed by atoms with E-state index in [1.165, 1.54) is 12.4 Å². The molecule has 1 heterocycles. The SMILES string of the molecule is COc1ccc(C(O)c2nccnc2F)cc1. The minimum atomic E-state index is -1.13. The molecule has 0 bridgehead atoms. The number of aliphatic hydroxyl groups excluding tert-OH is 1. The van der Waals surface area contributed by atoms with Gasteiger partial charge in [0, 0.05) is 12.4 Å². The standard InChI is InChI=1S/C12H11FN2O2/c1-17-9-4-2-8(3-5-9)11(16)10-12(13)15-7-6-14-10/h2-7,11,16H,1H3. The summed E-state index contributed by atoms with van der Waals surface area (Å²) in [6, 6.07) is 6.68. The van der Waals surface area contributed by atoms with E-state index in [4.69, 9.17) is 4.74 Å². The molecule has 2 rings (SSSR count). The largest absolute Gasteiger partial charge is 0.497 e. The van der Waals surface area contributed by atoms with Gasteiger partial charge in [-0.05, 0) is 17.7 Å². The smallest absolute Gasteiger partial charge is 0.237 e. The normalized spacial score (nSPS) is 12.2. The summed E-state index contributed by atoms with van der Waals surface area (Å²) in [4.78, 5) is 7.22. The first-order valence-electron chi connectivity index (χ1n) is 5.01. The van der Waals surface area contributed by atoms with E-state index < -0.39 is 12.1 Å². The second-order valence-electron chi connectivity index (χ2n) is 3.41. The third kappa shape index (κ3) is 2.39. The number of ether oxygens (including phenoxy) is 1. The maximum atomic E-state index is 13.3. The Bertz CT molecular complexity index is 502. The van der Waals surface area contributed by atoms with Gasteiger partial charge in [-0.3, -0.25) is 4.98 Å². The quantitative estimate of drug-likeness (QED) is 0.878. The molecule has 0 saturated heterocycles. The van der Waals surface area contributed by atoms with Gasteiger partial charge in [-0.1, -0.05) is 12.1 Å². The van der Waals surface area contributed by atoms with Crippen LogP contribution in [-0.2, 0) is 0 Å². The van der Waals surface area contributed by atoms with Crippen molar-refractivity contribution in [3.63, 3.8) is 0 Å². The van der Waals surface area contributed by atoms with Crippen LogP contribution in [0.25, 0.3) is 0 Å². The molecule has 1 aromatic heterocycles. The summed E-state index contributed by atoms with van der Waals surface area (Å²) in [5.74, 6) is -0.101. The second-order valence-corrected chi connectivity index (χ2v) is 3.41. The Balaban J connectivity index is 2.30. The molecule has 0 radical (unpaired) electrons. The Hall–Kier alpha value is -2.01. The molecule has 0 saturated carbocycles. The third-order valence-electron chi connectivity index (χ3n) is 2.37. The van der Waals surface area contributed by atoms with Gasteiger partial charge in [-0.25, -0.2) is 4.98 Å². The summed E-state index contributed by atoms with van der Waals surface area (Å²) in [5.41, 5.74) is 0.447. The van der Waals surface area contributed by atoms with E-state index in [0.29, 0.717) is 11.3 Å². The van der Waals surface area contributed by atoms with E-state index in [1.807, 2.05) is 0 Å². The highest BCUT2D eigenvalue weighted by atomic mass is 19.1. The predicted octanol–water partition coefficient (Wildman–Crippen LogP) is 1.71. The lowest BCUT2D eigenvalue weighted by atomic mass is 10.1. The molecule has 2 aromatic rings. The molecule has 1 atom stereocenters. The van der Waals surface area contributed by atoms with Gasteiger partial charge in [0.25, 0.3) is 0 Å². The molecule has 5 heteroatoms. The maximum absolute atomic E-state index is 13.3. The number of benzene rings is 1. The summed E-state index contributed by atoms with van der Waals surface area (Å²) in [6.45, 7) is 0. The maximum Gasteiger partial charge on any atom is 0.237 e. The molecule has 0 amide bonds. The number of halogens is 1. The lowest BCUT2D eigenvalue weighted by Crippen LogP contribution is -2.06. The first kappa shape index (κ1) is 11.5. The number of methoxy groups -OCH3 is 1. The van der Waals surface area contributed by atoms with Crippen LogP contribution >= 0.6 is 0 Å². The number of rotatable bonds is 3. The Morgan fingerprint density at radius 1 is 1.18 bits per heavy atom. The summed E-state index contributed by atoms with van der Waals surface area (Å²) < 4.78 is 18.3. The number of aromatic nitrogens is 2. The molecule has 17 heavy (non-hydrogen) atoms. The van der Waals surface area contributed by atoms with Crippen molar-refractivity contribution in [2.24, 2.45) is 0 Å². The fourth-order valence-corrected chi connectivity index (χ4v) is 1.46. The van der Waals surface area contributed by atoms with Crippen molar-refractivity contribution in [2.45, 2.75) is 6.10 Å². The first-order chi connectivity index (χ1) is 8.22. The Labute approximate surface area is 97.7 Å². The van der Waals surface area contributed by atoms with Crippen LogP contribution in [0.15, 0.2) is 36.7 Å². The summed E-state index contributed by atoms with van der Waals surface area (Å²) in [5, 5.41) is 9.95. The monoisotopic (exact) mass is 234 g/mol. The van der Waals surface area contributed by atoms with E-state index in [0.717, 1.165) is 0 Å². The molecule has 0 aliphatic heterocycles. The minimum Gasteiger partial charge on any atom is -0.497 e. The van der Waals surface area contributed by atoms with Crippen LogP contribution in [0, 0.1) is 5.95 Å². The second kappa shape index (κ2) is 4.88. The molecular formula is C12H11FN2O2. The van der Waals surface area contributed by atoms with E-state index >= 15 is 0 Å². The number of hydrogen-bond acceptors (Lipinski definition) is 4. The van der Waals surface area contributed by atoms with Crippen molar-refractivity contribution in [2.75, 3.05) is 7.11 Å². The topological polar surface area (TPSA) is 55.2 Å². The Morgan fingerprint density at radius 2 is 1.82 bits per heavy atom. The van der Waals surface area contributed by atoms with Crippen molar-refractivity contribution >= 4 is 0 Å². The summed E-state index contributed by atoms with van der Waals surface area (Å²) >= 11 is 0. The zero-order valence-corrected chi connectivity index (χ0v) is 9.17. The fourth-order valence-electron chi connectivity index (χ4n) is 1.46. The van der Waals surface area contributed by atoms with Crippen LogP contribution < -0.4 is 4.74 Å². The van der Waals surface area contributed by atoms with Crippen LogP contribution in [0.5, 0.6) is 5.75 Å². The van der Waals surface area contributed by atoms with Gasteiger partial charge in [-0.2, -0.15) is 4.39 Å². The molecule has 1 N–H and O–H groups in total. The zero-order chi connectivity index (χ0) is 12.3. The van der Waals surface area contributed by atoms with E-state index in [-0.39, 0.29) is 5.69 Å². The third-order valence-corrected chi connectivity index (χ3v) is 2.37. The number of aliphatic hydroxyl groups is 1. The Kier molecular flexibility index (Phi) is 3.30. The first-order valence-corrected chi connectivity index (χ1v) is 5.01. The van der Waals surface area contributed by atoms with Gasteiger partial charge in [0.2, 0.25) is 5.95 Å². The molecule has 0 spiro atoms. The van der Waals surface area contributed by atoms with Gasteiger partial charge in [0.1, 0.15) is 17.5 Å². The van der Waals surface area contributed by atoms with Crippen LogP contribution in [0.2, 0.25) is 0 Å². The molecule has 0 aliphatic carbocycles. The van der Waals surface area contributed by atoms with Crippen molar-refractivity contribution in [1.29, 1.82) is 0 Å². The van der Waals surface area contributed by atoms with Gasteiger partial charge in [-0.15, -0.1) is 0 Å². The fraction of sp³-hybridized carbons (Fsp3) is 0.167. The summed E-state index contributed by atoms with van der Waals surface area (Å²) in [7, 11) is 1.55. The zero-order valence-electron chi connectivity index (χ0n) is 9.17. The lowest BCUT2D eigenvalue weighted by molar-refractivity contribution is 0.207.